The maximum atomic E-state index is 14.0. The van der Waals surface area contributed by atoms with Crippen molar-refractivity contribution in [3.8, 4) is 23.0 Å². The molecule has 272 valence electrons. The Hall–Kier alpha value is -5.22. The third kappa shape index (κ3) is 7.39. The topological polar surface area (TPSA) is 81.5 Å². The van der Waals surface area contributed by atoms with E-state index in [9.17, 15) is 4.79 Å². The fourth-order valence-electron chi connectivity index (χ4n) is 7.87. The van der Waals surface area contributed by atoms with Gasteiger partial charge in [-0.25, -0.2) is 4.98 Å². The lowest BCUT2D eigenvalue weighted by molar-refractivity contribution is 0.0780. The summed E-state index contributed by atoms with van der Waals surface area (Å²) in [5, 5.41) is 0. The molecule has 2 saturated heterocycles. The molecule has 1 unspecified atom stereocenters. The molecule has 10 heteroatoms. The van der Waals surface area contributed by atoms with Crippen molar-refractivity contribution >= 4 is 22.9 Å². The first kappa shape index (κ1) is 35.2. The van der Waals surface area contributed by atoms with E-state index in [1.165, 1.54) is 5.56 Å². The van der Waals surface area contributed by atoms with Gasteiger partial charge in [0.25, 0.3) is 5.91 Å². The van der Waals surface area contributed by atoms with Crippen LogP contribution in [0.15, 0.2) is 97.1 Å². The summed E-state index contributed by atoms with van der Waals surface area (Å²) >= 11 is 0. The first-order chi connectivity index (χ1) is 25.5. The van der Waals surface area contributed by atoms with Crippen LogP contribution in [-0.4, -0.2) is 99.0 Å². The zero-order valence-corrected chi connectivity index (χ0v) is 30.5. The van der Waals surface area contributed by atoms with Crippen LogP contribution < -0.4 is 23.8 Å². The molecule has 5 aromatic rings. The number of methoxy groups -OCH3 is 3. The molecule has 0 bridgehead atoms. The molecule has 2 aliphatic heterocycles. The Bertz CT molecular complexity index is 1930. The highest BCUT2D eigenvalue weighted by molar-refractivity contribution is 5.96. The van der Waals surface area contributed by atoms with Gasteiger partial charge in [0, 0.05) is 43.7 Å². The van der Waals surface area contributed by atoms with Crippen LogP contribution in [0.25, 0.3) is 11.0 Å². The maximum absolute atomic E-state index is 14.0. The van der Waals surface area contributed by atoms with Crippen LogP contribution in [0, 0.1) is 0 Å². The minimum absolute atomic E-state index is 0.0282. The van der Waals surface area contributed by atoms with Gasteiger partial charge in [-0.05, 0) is 74.3 Å². The highest BCUT2D eigenvalue weighted by atomic mass is 16.5. The largest absolute Gasteiger partial charge is 0.493 e. The number of amides is 1. The number of hydrogen-bond donors (Lipinski definition) is 0. The minimum atomic E-state index is -0.143. The maximum Gasteiger partial charge on any atom is 0.254 e. The second-order valence-corrected chi connectivity index (χ2v) is 13.7. The van der Waals surface area contributed by atoms with Crippen molar-refractivity contribution in [2.75, 3.05) is 78.6 Å². The predicted molar refractivity (Wildman–Crippen MR) is 204 cm³/mol. The number of ether oxygens (including phenoxy) is 4. The predicted octanol–water partition coefficient (Wildman–Crippen LogP) is 6.53. The van der Waals surface area contributed by atoms with Crippen molar-refractivity contribution in [1.29, 1.82) is 0 Å². The second-order valence-electron chi connectivity index (χ2n) is 13.7. The molecule has 3 heterocycles. The molecule has 0 aliphatic carbocycles. The van der Waals surface area contributed by atoms with Crippen molar-refractivity contribution in [3.63, 3.8) is 0 Å². The summed E-state index contributed by atoms with van der Waals surface area (Å²) in [6.07, 6.45) is 2.92. The summed E-state index contributed by atoms with van der Waals surface area (Å²) in [5.74, 6) is 3.29. The van der Waals surface area contributed by atoms with Gasteiger partial charge in [0.1, 0.15) is 12.4 Å². The minimum Gasteiger partial charge on any atom is -0.493 e. The molecule has 2 fully saturated rings. The van der Waals surface area contributed by atoms with Gasteiger partial charge in [-0.15, -0.1) is 0 Å². The molecule has 1 atom stereocenters. The van der Waals surface area contributed by atoms with E-state index >= 15 is 0 Å². The van der Waals surface area contributed by atoms with Crippen LogP contribution >= 0.6 is 0 Å². The summed E-state index contributed by atoms with van der Waals surface area (Å²) in [6, 6.07) is 32.6. The Morgan fingerprint density at radius 3 is 2.21 bits per heavy atom. The van der Waals surface area contributed by atoms with E-state index in [-0.39, 0.29) is 11.3 Å². The third-order valence-corrected chi connectivity index (χ3v) is 10.7. The first-order valence-corrected chi connectivity index (χ1v) is 18.3. The lowest BCUT2D eigenvalue weighted by Gasteiger charge is -2.33. The number of hydrogen-bond acceptors (Lipinski definition) is 8. The van der Waals surface area contributed by atoms with Gasteiger partial charge in [-0.3, -0.25) is 4.79 Å². The summed E-state index contributed by atoms with van der Waals surface area (Å²) < 4.78 is 25.0. The number of nitrogens with zero attached hydrogens (tertiary/aromatic N) is 5. The number of aromatic nitrogens is 2. The molecule has 0 saturated carbocycles. The lowest BCUT2D eigenvalue weighted by atomic mass is 9.76. The number of fused-ring (bicyclic) bond motifs is 1. The second kappa shape index (κ2) is 16.0. The summed E-state index contributed by atoms with van der Waals surface area (Å²) in [4.78, 5) is 26.2. The molecule has 0 spiro atoms. The van der Waals surface area contributed by atoms with E-state index in [1.807, 2.05) is 35.2 Å². The van der Waals surface area contributed by atoms with Crippen LogP contribution in [0.2, 0.25) is 0 Å². The van der Waals surface area contributed by atoms with E-state index in [4.69, 9.17) is 23.9 Å². The smallest absolute Gasteiger partial charge is 0.254 e. The van der Waals surface area contributed by atoms with Crippen molar-refractivity contribution in [3.05, 3.63) is 108 Å². The van der Waals surface area contributed by atoms with Crippen molar-refractivity contribution in [1.82, 2.24) is 19.4 Å². The monoisotopic (exact) mass is 703 g/mol. The van der Waals surface area contributed by atoms with Gasteiger partial charge in [-0.2, -0.15) is 0 Å². The van der Waals surface area contributed by atoms with Crippen molar-refractivity contribution in [2.45, 2.75) is 31.2 Å². The molecule has 52 heavy (non-hydrogen) atoms. The Morgan fingerprint density at radius 2 is 1.48 bits per heavy atom. The van der Waals surface area contributed by atoms with Gasteiger partial charge >= 0.3 is 0 Å². The number of likely N-dealkylation sites (tertiary alicyclic amines) is 1. The van der Waals surface area contributed by atoms with Crippen molar-refractivity contribution in [2.24, 2.45) is 0 Å². The van der Waals surface area contributed by atoms with Gasteiger partial charge in [0.15, 0.2) is 11.5 Å². The molecule has 10 nitrogen and oxygen atoms in total. The number of imidazole rings is 1. The number of carbonyl (C=O) groups excluding carboxylic acids is 1. The third-order valence-electron chi connectivity index (χ3n) is 10.7. The molecule has 7 rings (SSSR count). The average molecular weight is 704 g/mol. The van der Waals surface area contributed by atoms with Crippen molar-refractivity contribution < 1.29 is 23.7 Å². The molecule has 1 aromatic heterocycles. The van der Waals surface area contributed by atoms with Gasteiger partial charge < -0.3 is 38.2 Å². The molecule has 0 N–H and O–H groups in total. The zero-order valence-electron chi connectivity index (χ0n) is 30.5. The Kier molecular flexibility index (Phi) is 10.8. The Morgan fingerprint density at radius 1 is 0.769 bits per heavy atom. The molecule has 4 aromatic carbocycles. The van der Waals surface area contributed by atoms with Crippen LogP contribution in [0.3, 0.4) is 0 Å². The van der Waals surface area contributed by atoms with Gasteiger partial charge in [0.2, 0.25) is 11.7 Å². The van der Waals surface area contributed by atoms with Crippen LogP contribution in [0.1, 0.15) is 35.2 Å². The van der Waals surface area contributed by atoms with E-state index in [2.05, 4.69) is 69.0 Å². The van der Waals surface area contributed by atoms with Crippen LogP contribution in [0.4, 0.5) is 5.95 Å². The highest BCUT2D eigenvalue weighted by Crippen LogP contribution is 2.41. The number of carbonyl (C=O) groups is 1. The summed E-state index contributed by atoms with van der Waals surface area (Å²) in [7, 11) is 4.71. The van der Waals surface area contributed by atoms with E-state index in [0.29, 0.717) is 42.5 Å². The van der Waals surface area contributed by atoms with E-state index < -0.39 is 0 Å². The Balaban J connectivity index is 1.04. The fourth-order valence-corrected chi connectivity index (χ4v) is 7.87. The number of rotatable bonds is 13. The van der Waals surface area contributed by atoms with Crippen LogP contribution in [-0.2, 0) is 12.0 Å². The normalized spacial score (nSPS) is 18.0. The first-order valence-electron chi connectivity index (χ1n) is 18.3. The van der Waals surface area contributed by atoms with Crippen LogP contribution in [0.5, 0.6) is 23.0 Å². The molecular weight excluding hydrogens is 654 g/mol. The van der Waals surface area contributed by atoms with E-state index in [0.717, 1.165) is 81.3 Å². The molecule has 1 amide bonds. The van der Waals surface area contributed by atoms with Gasteiger partial charge in [0.05, 0.1) is 38.9 Å². The zero-order chi connectivity index (χ0) is 35.9. The molecule has 2 aliphatic rings. The number of benzene rings is 4. The summed E-state index contributed by atoms with van der Waals surface area (Å²) in [5.41, 5.74) is 3.82. The number of para-hydroxylation sites is 3. The molecular formula is C42H49N5O5. The molecule has 0 radical (unpaired) electrons. The standard InChI is InChI=1S/C42H49N5O5/c1-49-37-29-32(30-38(50-2)39(37)51-3)40(48)46-24-20-42(31-46,33-13-6-4-7-14-33)19-23-44-21-12-22-45(26-25-44)41-43-35-17-10-11-18-36(35)47(41)27-28-52-34-15-8-5-9-16-34/h4-11,13-18,29-30H,12,19-28,31H2,1-3H3. The van der Waals surface area contributed by atoms with E-state index in [1.54, 1.807) is 33.5 Å². The lowest BCUT2D eigenvalue weighted by Crippen LogP contribution is -2.39. The summed E-state index contributed by atoms with van der Waals surface area (Å²) in [6.45, 7) is 7.39. The van der Waals surface area contributed by atoms with Gasteiger partial charge in [-0.1, -0.05) is 60.7 Å². The highest BCUT2D eigenvalue weighted by Gasteiger charge is 2.42. The quantitative estimate of drug-likeness (QED) is 0.137. The fraction of sp³-hybridized carbons (Fsp3) is 0.381. The average Bonchev–Trinajstić information content (AvgIpc) is 3.72. The SMILES string of the molecule is COc1cc(C(=O)N2CCC(CCN3CCCN(c4nc5ccccc5n4CCOc4ccccc4)CC3)(c3ccccc3)C2)cc(OC)c1OC. The number of anilines is 1. The Labute approximate surface area is 306 Å².